The highest BCUT2D eigenvalue weighted by atomic mass is 16.6. The number of aromatic nitrogens is 1. The largest absolute Gasteiger partial charge is 0.437 e. The van der Waals surface area contributed by atoms with Crippen LogP contribution in [-0.4, -0.2) is 42.4 Å². The number of benzene rings is 2. The van der Waals surface area contributed by atoms with Crippen molar-refractivity contribution in [3.8, 4) is 0 Å². The van der Waals surface area contributed by atoms with Gasteiger partial charge in [0.25, 0.3) is 5.69 Å². The van der Waals surface area contributed by atoms with E-state index in [-0.39, 0.29) is 17.2 Å². The standard InChI is InChI=1S/C19H18N4O5/c24-23(25)17-11-14(5-6-16(17)22-7-9-26-10-8-22)12-20-27-13-19-21-15-3-1-2-4-18(15)28-19/h1-6,11-12H,7-10,13H2/b20-12-. The number of nitro benzene ring substituents is 1. The maximum atomic E-state index is 11.5. The highest BCUT2D eigenvalue weighted by Crippen LogP contribution is 2.29. The summed E-state index contributed by atoms with van der Waals surface area (Å²) >= 11 is 0. The van der Waals surface area contributed by atoms with Crippen molar-refractivity contribution in [2.45, 2.75) is 6.61 Å². The van der Waals surface area contributed by atoms with Gasteiger partial charge in [-0.1, -0.05) is 23.4 Å². The van der Waals surface area contributed by atoms with Crippen molar-refractivity contribution >= 4 is 28.7 Å². The van der Waals surface area contributed by atoms with Crippen molar-refractivity contribution in [2.24, 2.45) is 5.16 Å². The first kappa shape index (κ1) is 17.9. The van der Waals surface area contributed by atoms with Crippen molar-refractivity contribution in [1.82, 2.24) is 4.98 Å². The normalized spacial score (nSPS) is 14.6. The molecule has 144 valence electrons. The number of rotatable bonds is 6. The number of nitro groups is 1. The van der Waals surface area contributed by atoms with Crippen LogP contribution in [-0.2, 0) is 16.2 Å². The number of anilines is 1. The molecule has 9 heteroatoms. The molecule has 1 saturated heterocycles. The molecule has 0 unspecified atom stereocenters. The fraction of sp³-hybridized carbons (Fsp3) is 0.263. The number of hydrogen-bond donors (Lipinski definition) is 0. The lowest BCUT2D eigenvalue weighted by atomic mass is 10.1. The minimum atomic E-state index is -0.388. The molecule has 2 heterocycles. The minimum Gasteiger partial charge on any atom is -0.437 e. The molecule has 2 aromatic carbocycles. The molecule has 1 aliphatic rings. The molecule has 0 N–H and O–H groups in total. The summed E-state index contributed by atoms with van der Waals surface area (Å²) < 4.78 is 10.8. The van der Waals surface area contributed by atoms with Crippen LogP contribution < -0.4 is 4.90 Å². The van der Waals surface area contributed by atoms with E-state index in [0.29, 0.717) is 49.0 Å². The van der Waals surface area contributed by atoms with Crippen LogP contribution in [0, 0.1) is 10.1 Å². The Morgan fingerprint density at radius 2 is 2.07 bits per heavy atom. The highest BCUT2D eigenvalue weighted by Gasteiger charge is 2.21. The maximum Gasteiger partial charge on any atom is 0.293 e. The number of para-hydroxylation sites is 2. The molecule has 0 atom stereocenters. The Morgan fingerprint density at radius 1 is 1.25 bits per heavy atom. The van der Waals surface area contributed by atoms with Gasteiger partial charge in [0.2, 0.25) is 5.89 Å². The smallest absolute Gasteiger partial charge is 0.293 e. The third-order valence-electron chi connectivity index (χ3n) is 4.35. The first-order valence-corrected chi connectivity index (χ1v) is 8.81. The molecule has 0 aliphatic carbocycles. The molecule has 3 aromatic rings. The topological polar surface area (TPSA) is 103 Å². The third kappa shape index (κ3) is 3.94. The summed E-state index contributed by atoms with van der Waals surface area (Å²) in [6.07, 6.45) is 1.43. The first-order valence-electron chi connectivity index (χ1n) is 8.81. The number of morpholine rings is 1. The predicted octanol–water partition coefficient (Wildman–Crippen LogP) is 3.12. The second-order valence-electron chi connectivity index (χ2n) is 6.19. The Hall–Kier alpha value is -3.46. The number of hydrogen-bond acceptors (Lipinski definition) is 8. The summed E-state index contributed by atoms with van der Waals surface area (Å²) in [6, 6.07) is 12.4. The van der Waals surface area contributed by atoms with Gasteiger partial charge >= 0.3 is 0 Å². The summed E-state index contributed by atoms with van der Waals surface area (Å²) in [7, 11) is 0. The molecule has 0 spiro atoms. The number of nitrogens with zero attached hydrogens (tertiary/aromatic N) is 4. The number of fused-ring (bicyclic) bond motifs is 1. The van der Waals surface area contributed by atoms with Crippen LogP contribution in [0.5, 0.6) is 0 Å². The lowest BCUT2D eigenvalue weighted by Crippen LogP contribution is -2.36. The van der Waals surface area contributed by atoms with Crippen LogP contribution in [0.3, 0.4) is 0 Å². The lowest BCUT2D eigenvalue weighted by molar-refractivity contribution is -0.384. The monoisotopic (exact) mass is 382 g/mol. The number of ether oxygens (including phenoxy) is 1. The van der Waals surface area contributed by atoms with E-state index in [4.69, 9.17) is 14.0 Å². The Kier molecular flexibility index (Phi) is 5.16. The summed E-state index contributed by atoms with van der Waals surface area (Å²) in [5.41, 5.74) is 2.61. The molecular formula is C19H18N4O5. The van der Waals surface area contributed by atoms with E-state index < -0.39 is 0 Å². The second-order valence-corrected chi connectivity index (χ2v) is 6.19. The summed E-state index contributed by atoms with van der Waals surface area (Å²) in [4.78, 5) is 22.5. The fourth-order valence-electron chi connectivity index (χ4n) is 3.01. The first-order chi connectivity index (χ1) is 13.7. The van der Waals surface area contributed by atoms with E-state index in [9.17, 15) is 10.1 Å². The van der Waals surface area contributed by atoms with Gasteiger partial charge in [-0.25, -0.2) is 4.98 Å². The summed E-state index contributed by atoms with van der Waals surface area (Å²) in [6.45, 7) is 2.44. The second kappa shape index (κ2) is 8.05. The average Bonchev–Trinajstić information content (AvgIpc) is 3.14. The van der Waals surface area contributed by atoms with Gasteiger partial charge in [-0.2, -0.15) is 0 Å². The van der Waals surface area contributed by atoms with Crippen LogP contribution in [0.4, 0.5) is 11.4 Å². The van der Waals surface area contributed by atoms with E-state index in [1.807, 2.05) is 29.2 Å². The molecule has 1 aromatic heterocycles. The molecule has 28 heavy (non-hydrogen) atoms. The van der Waals surface area contributed by atoms with Crippen LogP contribution in [0.1, 0.15) is 11.5 Å². The van der Waals surface area contributed by atoms with Crippen LogP contribution >= 0.6 is 0 Å². The minimum absolute atomic E-state index is 0.0322. The van der Waals surface area contributed by atoms with Crippen molar-refractivity contribution < 1.29 is 18.9 Å². The van der Waals surface area contributed by atoms with Gasteiger partial charge in [0, 0.05) is 24.7 Å². The van der Waals surface area contributed by atoms with Gasteiger partial charge in [-0.3, -0.25) is 10.1 Å². The Morgan fingerprint density at radius 3 is 2.86 bits per heavy atom. The zero-order valence-corrected chi connectivity index (χ0v) is 15.0. The molecular weight excluding hydrogens is 364 g/mol. The lowest BCUT2D eigenvalue weighted by Gasteiger charge is -2.28. The molecule has 1 aliphatic heterocycles. The average molecular weight is 382 g/mol. The maximum absolute atomic E-state index is 11.5. The zero-order chi connectivity index (χ0) is 19.3. The van der Waals surface area contributed by atoms with Gasteiger partial charge in [-0.15, -0.1) is 0 Å². The molecule has 1 fully saturated rings. The van der Waals surface area contributed by atoms with Crippen LogP contribution in [0.25, 0.3) is 11.1 Å². The van der Waals surface area contributed by atoms with E-state index in [1.54, 1.807) is 12.1 Å². The molecule has 0 saturated carbocycles. The molecule has 4 rings (SSSR count). The van der Waals surface area contributed by atoms with Crippen LogP contribution in [0.2, 0.25) is 0 Å². The Balaban J connectivity index is 1.43. The van der Waals surface area contributed by atoms with Gasteiger partial charge in [0.15, 0.2) is 12.2 Å². The van der Waals surface area contributed by atoms with E-state index in [0.717, 1.165) is 5.52 Å². The van der Waals surface area contributed by atoms with Gasteiger partial charge in [-0.05, 0) is 18.2 Å². The molecule has 9 nitrogen and oxygen atoms in total. The predicted molar refractivity (Wildman–Crippen MR) is 103 cm³/mol. The molecule has 0 radical (unpaired) electrons. The van der Waals surface area contributed by atoms with Crippen molar-refractivity contribution in [1.29, 1.82) is 0 Å². The van der Waals surface area contributed by atoms with E-state index >= 15 is 0 Å². The van der Waals surface area contributed by atoms with E-state index in [1.165, 1.54) is 12.3 Å². The van der Waals surface area contributed by atoms with Gasteiger partial charge in [0.05, 0.1) is 24.4 Å². The molecule has 0 bridgehead atoms. The quantitative estimate of drug-likeness (QED) is 0.366. The van der Waals surface area contributed by atoms with Crippen molar-refractivity contribution in [2.75, 3.05) is 31.2 Å². The van der Waals surface area contributed by atoms with E-state index in [2.05, 4.69) is 10.1 Å². The van der Waals surface area contributed by atoms with Crippen molar-refractivity contribution in [3.63, 3.8) is 0 Å². The van der Waals surface area contributed by atoms with Crippen molar-refractivity contribution in [3.05, 3.63) is 64.0 Å². The molecule has 0 amide bonds. The summed E-state index contributed by atoms with van der Waals surface area (Å²) in [5.74, 6) is 0.409. The SMILES string of the molecule is O=[N+]([O-])c1cc(/C=N\OCc2nc3ccccc3o2)ccc1N1CCOCC1. The number of oxazole rings is 1. The highest BCUT2D eigenvalue weighted by molar-refractivity contribution is 5.83. The number of oxime groups is 1. The summed E-state index contributed by atoms with van der Waals surface area (Å²) in [5, 5.41) is 15.3. The van der Waals surface area contributed by atoms with Gasteiger partial charge in [0.1, 0.15) is 11.2 Å². The van der Waals surface area contributed by atoms with Gasteiger partial charge < -0.3 is 18.9 Å². The zero-order valence-electron chi connectivity index (χ0n) is 15.0. The Labute approximate surface area is 160 Å². The Bertz CT molecular complexity index is 977. The van der Waals surface area contributed by atoms with Crippen LogP contribution in [0.15, 0.2) is 52.0 Å². The third-order valence-corrected chi connectivity index (χ3v) is 4.35. The fourth-order valence-corrected chi connectivity index (χ4v) is 3.01.